The Morgan fingerprint density at radius 1 is 0.786 bits per heavy atom. The van der Waals surface area contributed by atoms with Crippen LogP contribution in [0.25, 0.3) is 0 Å². The number of nitrogens with zero attached hydrogens (tertiary/aromatic N) is 1. The number of hydrogen-bond acceptors (Lipinski definition) is 1. The molecule has 0 atom stereocenters. The first-order valence-electron chi connectivity index (χ1n) is 3.89. The third-order valence-electron chi connectivity index (χ3n) is 1.33. The summed E-state index contributed by atoms with van der Waals surface area (Å²) in [6.07, 6.45) is 2.83. The van der Waals surface area contributed by atoms with E-state index in [9.17, 15) is 26.3 Å². The Hall–Kier alpha value is -0.460. The van der Waals surface area contributed by atoms with Crippen LogP contribution in [0.5, 0.6) is 0 Å². The topological polar surface area (TPSA) is 3.24 Å². The molecule has 14 heavy (non-hydrogen) atoms. The van der Waals surface area contributed by atoms with Crippen molar-refractivity contribution in [3.8, 4) is 0 Å². The lowest BCUT2D eigenvalue weighted by Crippen LogP contribution is -2.10. The summed E-state index contributed by atoms with van der Waals surface area (Å²) >= 11 is 0. The van der Waals surface area contributed by atoms with Gasteiger partial charge in [0.05, 0.1) is 0 Å². The van der Waals surface area contributed by atoms with Crippen molar-refractivity contribution >= 4 is 0 Å². The van der Waals surface area contributed by atoms with E-state index in [4.69, 9.17) is 0 Å². The highest BCUT2D eigenvalue weighted by Gasteiger charge is 2.03. The van der Waals surface area contributed by atoms with E-state index in [2.05, 4.69) is 11.9 Å². The van der Waals surface area contributed by atoms with Gasteiger partial charge in [0, 0.05) is 0 Å². The molecule has 0 radical (unpaired) electrons. The highest BCUT2D eigenvalue weighted by atomic mass is 19.4. The molecule has 1 rings (SSSR count). The molecule has 0 bridgehead atoms. The van der Waals surface area contributed by atoms with Crippen LogP contribution in [0.3, 0.4) is 0 Å². The zero-order valence-corrected chi connectivity index (χ0v) is 7.70. The summed E-state index contributed by atoms with van der Waals surface area (Å²) in [6.45, 7) is -4.69. The van der Waals surface area contributed by atoms with Gasteiger partial charge in [-0.1, -0.05) is 0 Å². The molecule has 0 aromatic rings. The van der Waals surface area contributed by atoms with Gasteiger partial charge in [0.2, 0.25) is 0 Å². The van der Waals surface area contributed by atoms with Crippen molar-refractivity contribution < 1.29 is 26.3 Å². The van der Waals surface area contributed by atoms with Crippen molar-refractivity contribution in [3.63, 3.8) is 0 Å². The van der Waals surface area contributed by atoms with Gasteiger partial charge in [-0.05, 0) is 33.0 Å². The quantitative estimate of drug-likeness (QED) is 0.572. The molecule has 0 unspecified atom stereocenters. The lowest BCUT2D eigenvalue weighted by molar-refractivity contribution is 0.00734. The maximum absolute atomic E-state index is 9.67. The summed E-state index contributed by atoms with van der Waals surface area (Å²) in [5.41, 5.74) is 0. The summed E-state index contributed by atoms with van der Waals surface area (Å²) in [4.78, 5) is 2.36. The van der Waals surface area contributed by atoms with Gasteiger partial charge in [-0.25, -0.2) is 0 Å². The van der Waals surface area contributed by atoms with E-state index in [0.29, 0.717) is 0 Å². The molecule has 1 heterocycles. The number of halogens is 6. The van der Waals surface area contributed by atoms with Crippen molar-refractivity contribution in [3.05, 3.63) is 0 Å². The van der Waals surface area contributed by atoms with Crippen LogP contribution >= 0.6 is 0 Å². The van der Waals surface area contributed by atoms with Gasteiger partial charge in [0.15, 0.2) is 0 Å². The van der Waals surface area contributed by atoms with Crippen molar-refractivity contribution in [1.29, 1.82) is 0 Å². The van der Waals surface area contributed by atoms with Crippen molar-refractivity contribution in [1.82, 2.24) is 4.90 Å². The SMILES string of the molecule is CN1CCCC1.FC(F)F.FC(F)F. The second-order valence-corrected chi connectivity index (χ2v) is 2.51. The van der Waals surface area contributed by atoms with Crippen LogP contribution in [-0.2, 0) is 0 Å². The van der Waals surface area contributed by atoms with E-state index in [-0.39, 0.29) is 0 Å². The molecular formula is C7H13F6N. The minimum absolute atomic E-state index is 1.32. The summed E-state index contributed by atoms with van der Waals surface area (Å²) in [5, 5.41) is 0. The van der Waals surface area contributed by atoms with E-state index in [1.165, 1.54) is 25.9 Å². The van der Waals surface area contributed by atoms with Crippen LogP contribution in [0.2, 0.25) is 0 Å². The molecule has 0 saturated carbocycles. The molecule has 88 valence electrons. The van der Waals surface area contributed by atoms with Gasteiger partial charge in [0.25, 0.3) is 0 Å². The van der Waals surface area contributed by atoms with Crippen molar-refractivity contribution in [2.45, 2.75) is 26.2 Å². The monoisotopic (exact) mass is 225 g/mol. The highest BCUT2D eigenvalue weighted by molar-refractivity contribution is 4.59. The van der Waals surface area contributed by atoms with Crippen LogP contribution in [-0.4, -0.2) is 38.4 Å². The van der Waals surface area contributed by atoms with E-state index in [0.717, 1.165) is 0 Å². The first kappa shape index (κ1) is 16.0. The van der Waals surface area contributed by atoms with Crippen LogP contribution in [0.1, 0.15) is 12.8 Å². The summed E-state index contributed by atoms with van der Waals surface area (Å²) in [6, 6.07) is 0. The third-order valence-corrected chi connectivity index (χ3v) is 1.33. The molecule has 0 spiro atoms. The zero-order valence-electron chi connectivity index (χ0n) is 7.70. The predicted molar refractivity (Wildman–Crippen MR) is 41.0 cm³/mol. The summed E-state index contributed by atoms with van der Waals surface area (Å²) < 4.78 is 58.0. The molecule has 1 aliphatic heterocycles. The molecule has 1 saturated heterocycles. The molecule has 0 aliphatic carbocycles. The standard InChI is InChI=1S/C5H11N.2CHF3/c1-6-4-2-3-5-6;2*2-1(3)4/h2-5H2,1H3;2*1H. The fraction of sp³-hybridized carbons (Fsp3) is 1.00. The van der Waals surface area contributed by atoms with Gasteiger partial charge in [-0.15, -0.1) is 0 Å². The normalized spacial score (nSPS) is 16.1. The number of likely N-dealkylation sites (tertiary alicyclic amines) is 1. The first-order valence-corrected chi connectivity index (χ1v) is 3.89. The van der Waals surface area contributed by atoms with Gasteiger partial charge in [-0.3, -0.25) is 0 Å². The Morgan fingerprint density at radius 3 is 1.07 bits per heavy atom. The van der Waals surface area contributed by atoms with Gasteiger partial charge in [0.1, 0.15) is 0 Å². The van der Waals surface area contributed by atoms with Gasteiger partial charge in [-0.2, -0.15) is 26.3 Å². The minimum Gasteiger partial charge on any atom is -0.306 e. The Morgan fingerprint density at radius 2 is 1.00 bits per heavy atom. The Labute approximate surface area is 78.7 Å². The van der Waals surface area contributed by atoms with Crippen LogP contribution in [0.15, 0.2) is 0 Å². The first-order chi connectivity index (χ1) is 6.36. The van der Waals surface area contributed by atoms with Gasteiger partial charge >= 0.3 is 13.4 Å². The fourth-order valence-corrected chi connectivity index (χ4v) is 0.875. The number of rotatable bonds is 0. The molecule has 0 amide bonds. The van der Waals surface area contributed by atoms with E-state index in [1.807, 2.05) is 0 Å². The predicted octanol–water partition coefficient (Wildman–Crippen LogP) is 3.07. The van der Waals surface area contributed by atoms with E-state index >= 15 is 0 Å². The average Bonchev–Trinajstić information content (AvgIpc) is 2.36. The van der Waals surface area contributed by atoms with Crippen LogP contribution < -0.4 is 0 Å². The van der Waals surface area contributed by atoms with Crippen molar-refractivity contribution in [2.75, 3.05) is 20.1 Å². The molecule has 0 aromatic heterocycles. The molecule has 0 N–H and O–H groups in total. The van der Waals surface area contributed by atoms with Crippen molar-refractivity contribution in [2.24, 2.45) is 0 Å². The lowest BCUT2D eigenvalue weighted by Gasteiger charge is -2.01. The smallest absolute Gasteiger partial charge is 0.306 e. The molecule has 1 fully saturated rings. The Bertz CT molecular complexity index is 92.8. The number of alkyl halides is 6. The lowest BCUT2D eigenvalue weighted by atomic mass is 10.4. The Kier molecular flexibility index (Phi) is 12.1. The maximum atomic E-state index is 9.67. The second kappa shape index (κ2) is 10.6. The zero-order chi connectivity index (χ0) is 11.6. The number of hydrogen-bond donors (Lipinski definition) is 0. The van der Waals surface area contributed by atoms with E-state index < -0.39 is 13.4 Å². The maximum Gasteiger partial charge on any atom is 0.379 e. The summed E-state index contributed by atoms with van der Waals surface area (Å²) in [7, 11) is 2.17. The molecule has 1 nitrogen and oxygen atoms in total. The third kappa shape index (κ3) is 30.0. The summed E-state index contributed by atoms with van der Waals surface area (Å²) in [5.74, 6) is 0. The van der Waals surface area contributed by atoms with E-state index in [1.54, 1.807) is 0 Å². The molecular weight excluding hydrogens is 212 g/mol. The average molecular weight is 225 g/mol. The second-order valence-electron chi connectivity index (χ2n) is 2.51. The molecule has 1 aliphatic rings. The highest BCUT2D eigenvalue weighted by Crippen LogP contribution is 2.02. The minimum atomic E-state index is -3.67. The Balaban J connectivity index is 0. The van der Waals surface area contributed by atoms with Gasteiger partial charge < -0.3 is 4.90 Å². The van der Waals surface area contributed by atoms with Crippen LogP contribution in [0.4, 0.5) is 26.3 Å². The largest absolute Gasteiger partial charge is 0.379 e. The molecule has 7 heteroatoms. The molecule has 0 aromatic carbocycles. The fourth-order valence-electron chi connectivity index (χ4n) is 0.875. The van der Waals surface area contributed by atoms with Crippen LogP contribution in [0, 0.1) is 0 Å².